The number of para-hydroxylation sites is 1. The molecule has 2 aromatic carbocycles. The van der Waals surface area contributed by atoms with E-state index in [9.17, 15) is 19.8 Å². The Kier molecular flexibility index (Phi) is 6.60. The molecule has 1 aliphatic heterocycles. The SMILES string of the molecule is CCCCn1c(O)c(C2=Nc3ccccc3S[C@@H](c3ccc(O)c(OC)c3)C2)c(=O)[nH]c1=O. The average Bonchev–Trinajstić information content (AvgIpc) is 2.98. The van der Waals surface area contributed by atoms with E-state index < -0.39 is 11.2 Å². The molecule has 0 bridgehead atoms. The highest BCUT2D eigenvalue weighted by molar-refractivity contribution is 7.99. The molecule has 3 N–H and O–H groups in total. The first-order chi connectivity index (χ1) is 15.9. The lowest BCUT2D eigenvalue weighted by atomic mass is 10.0. The maximum Gasteiger partial charge on any atom is 0.331 e. The summed E-state index contributed by atoms with van der Waals surface area (Å²) in [5, 5.41) is 20.8. The van der Waals surface area contributed by atoms with Crippen molar-refractivity contribution in [2.24, 2.45) is 4.99 Å². The van der Waals surface area contributed by atoms with E-state index in [1.807, 2.05) is 31.2 Å². The molecule has 0 aliphatic carbocycles. The third-order valence-electron chi connectivity index (χ3n) is 5.54. The van der Waals surface area contributed by atoms with Gasteiger partial charge < -0.3 is 14.9 Å². The first-order valence-corrected chi connectivity index (χ1v) is 11.6. The summed E-state index contributed by atoms with van der Waals surface area (Å²) in [5.41, 5.74) is 0.617. The first kappa shape index (κ1) is 22.7. The molecule has 172 valence electrons. The summed E-state index contributed by atoms with van der Waals surface area (Å²) in [4.78, 5) is 33.1. The van der Waals surface area contributed by atoms with Gasteiger partial charge in [-0.15, -0.1) is 11.8 Å². The Morgan fingerprint density at radius 2 is 2.00 bits per heavy atom. The van der Waals surface area contributed by atoms with Gasteiger partial charge in [-0.25, -0.2) is 4.79 Å². The fraction of sp³-hybridized carbons (Fsp3) is 0.292. The number of thioether (sulfide) groups is 1. The summed E-state index contributed by atoms with van der Waals surface area (Å²) in [6.07, 6.45) is 1.83. The number of H-pyrrole nitrogens is 1. The predicted octanol–water partition coefficient (Wildman–Crippen LogP) is 4.11. The van der Waals surface area contributed by atoms with Crippen molar-refractivity contribution in [2.45, 2.75) is 42.9 Å². The maximum atomic E-state index is 12.8. The van der Waals surface area contributed by atoms with Crippen LogP contribution >= 0.6 is 11.8 Å². The van der Waals surface area contributed by atoms with Crippen molar-refractivity contribution in [3.05, 3.63) is 74.4 Å². The second kappa shape index (κ2) is 9.58. The van der Waals surface area contributed by atoms with Crippen LogP contribution in [0.3, 0.4) is 0 Å². The number of aromatic amines is 1. The van der Waals surface area contributed by atoms with Crippen molar-refractivity contribution in [1.82, 2.24) is 9.55 Å². The fourth-order valence-corrected chi connectivity index (χ4v) is 5.01. The minimum Gasteiger partial charge on any atom is -0.504 e. The van der Waals surface area contributed by atoms with Gasteiger partial charge in [0.15, 0.2) is 11.5 Å². The van der Waals surface area contributed by atoms with Crippen molar-refractivity contribution in [1.29, 1.82) is 0 Å². The average molecular weight is 468 g/mol. The van der Waals surface area contributed by atoms with Crippen LogP contribution in [0.4, 0.5) is 5.69 Å². The molecule has 0 unspecified atom stereocenters. The Hall–Kier alpha value is -3.46. The number of nitrogens with one attached hydrogen (secondary N) is 1. The quantitative estimate of drug-likeness (QED) is 0.502. The van der Waals surface area contributed by atoms with Crippen LogP contribution in [0.15, 0.2) is 61.9 Å². The molecule has 8 nitrogen and oxygen atoms in total. The second-order valence-corrected chi connectivity index (χ2v) is 8.98. The van der Waals surface area contributed by atoms with Gasteiger partial charge in [0.25, 0.3) is 5.56 Å². The van der Waals surface area contributed by atoms with E-state index in [0.29, 0.717) is 36.5 Å². The lowest BCUT2D eigenvalue weighted by Gasteiger charge is -2.18. The summed E-state index contributed by atoms with van der Waals surface area (Å²) in [7, 11) is 1.48. The van der Waals surface area contributed by atoms with E-state index in [0.717, 1.165) is 16.9 Å². The van der Waals surface area contributed by atoms with Gasteiger partial charge >= 0.3 is 5.69 Å². The Morgan fingerprint density at radius 1 is 1.21 bits per heavy atom. The molecule has 0 spiro atoms. The zero-order valence-electron chi connectivity index (χ0n) is 18.4. The van der Waals surface area contributed by atoms with Gasteiger partial charge in [-0.2, -0.15) is 0 Å². The van der Waals surface area contributed by atoms with Gasteiger partial charge in [0.2, 0.25) is 5.88 Å². The van der Waals surface area contributed by atoms with E-state index in [4.69, 9.17) is 9.73 Å². The number of hydrogen-bond acceptors (Lipinski definition) is 7. The van der Waals surface area contributed by atoms with Crippen LogP contribution in [-0.2, 0) is 6.54 Å². The van der Waals surface area contributed by atoms with E-state index in [1.54, 1.807) is 30.0 Å². The Bertz CT molecular complexity index is 1330. The Labute approximate surface area is 194 Å². The van der Waals surface area contributed by atoms with Gasteiger partial charge in [-0.3, -0.25) is 19.3 Å². The number of fused-ring (bicyclic) bond motifs is 1. The van der Waals surface area contributed by atoms with Crippen LogP contribution in [0.1, 0.15) is 42.6 Å². The second-order valence-electron chi connectivity index (χ2n) is 7.73. The van der Waals surface area contributed by atoms with Crippen molar-refractivity contribution in [2.75, 3.05) is 7.11 Å². The van der Waals surface area contributed by atoms with Crippen LogP contribution in [0, 0.1) is 0 Å². The van der Waals surface area contributed by atoms with Crippen molar-refractivity contribution in [3.63, 3.8) is 0 Å². The number of methoxy groups -OCH3 is 1. The monoisotopic (exact) mass is 467 g/mol. The molecule has 0 saturated carbocycles. The number of ether oxygens (including phenoxy) is 1. The van der Waals surface area contributed by atoms with Crippen molar-refractivity contribution in [3.8, 4) is 17.4 Å². The molecule has 33 heavy (non-hydrogen) atoms. The molecule has 0 radical (unpaired) electrons. The van der Waals surface area contributed by atoms with Gasteiger partial charge in [0.1, 0.15) is 5.56 Å². The predicted molar refractivity (Wildman–Crippen MR) is 128 cm³/mol. The lowest BCUT2D eigenvalue weighted by molar-refractivity contribution is 0.373. The Balaban J connectivity index is 1.87. The smallest absolute Gasteiger partial charge is 0.331 e. The molecule has 0 fully saturated rings. The van der Waals surface area contributed by atoms with Crippen LogP contribution in [0.25, 0.3) is 0 Å². The highest BCUT2D eigenvalue weighted by Gasteiger charge is 2.27. The van der Waals surface area contributed by atoms with E-state index in [2.05, 4.69) is 4.98 Å². The van der Waals surface area contributed by atoms with Crippen LogP contribution in [-0.4, -0.2) is 32.6 Å². The van der Waals surface area contributed by atoms with Gasteiger partial charge in [0.05, 0.1) is 18.5 Å². The van der Waals surface area contributed by atoms with Crippen LogP contribution < -0.4 is 16.0 Å². The standard InChI is InChI=1S/C24H25N3O5S/c1-3-4-11-27-23(30)21(22(29)26-24(27)31)16-13-20(14-9-10-17(28)18(12-14)32-2)33-19-8-6-5-7-15(19)25-16/h5-10,12,20,28,30H,3-4,11,13H2,1-2H3,(H,26,29,31)/t20-/m1/s1. The molecule has 1 atom stereocenters. The number of aliphatic imine (C=N–C) groups is 1. The summed E-state index contributed by atoms with van der Waals surface area (Å²) in [5.74, 6) is 0.00607. The molecule has 1 aromatic heterocycles. The molecule has 0 saturated heterocycles. The molecule has 3 aromatic rings. The molecule has 1 aliphatic rings. The highest BCUT2D eigenvalue weighted by atomic mass is 32.2. The summed E-state index contributed by atoms with van der Waals surface area (Å²) >= 11 is 1.57. The third-order valence-corrected chi connectivity index (χ3v) is 6.86. The van der Waals surface area contributed by atoms with Gasteiger partial charge in [-0.1, -0.05) is 31.5 Å². The topological polar surface area (TPSA) is 117 Å². The number of phenols is 1. The lowest BCUT2D eigenvalue weighted by Crippen LogP contribution is -2.34. The van der Waals surface area contributed by atoms with Crippen molar-refractivity contribution < 1.29 is 14.9 Å². The summed E-state index contributed by atoms with van der Waals surface area (Å²) < 4.78 is 6.46. The van der Waals surface area contributed by atoms with Crippen LogP contribution in [0.2, 0.25) is 0 Å². The summed E-state index contributed by atoms with van der Waals surface area (Å²) in [6, 6.07) is 12.7. The maximum absolute atomic E-state index is 12.8. The number of nitrogens with zero attached hydrogens (tertiary/aromatic N) is 2. The highest BCUT2D eigenvalue weighted by Crippen LogP contribution is 2.46. The van der Waals surface area contributed by atoms with Crippen molar-refractivity contribution >= 4 is 23.2 Å². The number of hydrogen-bond donors (Lipinski definition) is 3. The number of phenolic OH excluding ortho intramolecular Hbond substituents is 1. The van der Waals surface area contributed by atoms with Crippen LogP contribution in [0.5, 0.6) is 17.4 Å². The number of aromatic nitrogens is 2. The molecule has 0 amide bonds. The molecule has 4 rings (SSSR count). The zero-order chi connectivity index (χ0) is 23.5. The number of benzene rings is 2. The van der Waals surface area contributed by atoms with E-state index >= 15 is 0 Å². The first-order valence-electron chi connectivity index (χ1n) is 10.7. The Morgan fingerprint density at radius 3 is 2.76 bits per heavy atom. The molecule has 9 heteroatoms. The van der Waals surface area contributed by atoms with E-state index in [-0.39, 0.29) is 22.4 Å². The summed E-state index contributed by atoms with van der Waals surface area (Å²) in [6.45, 7) is 2.27. The number of rotatable bonds is 6. The largest absolute Gasteiger partial charge is 0.504 e. The molecule has 2 heterocycles. The minimum atomic E-state index is -0.671. The number of unbranched alkanes of at least 4 members (excludes halogenated alkanes) is 1. The molecular formula is C24H25N3O5S. The third kappa shape index (κ3) is 4.54. The van der Waals surface area contributed by atoms with Gasteiger partial charge in [-0.05, 0) is 36.2 Å². The number of aromatic hydroxyl groups is 2. The zero-order valence-corrected chi connectivity index (χ0v) is 19.2. The normalized spacial score (nSPS) is 15.5. The van der Waals surface area contributed by atoms with Gasteiger partial charge in [0, 0.05) is 23.1 Å². The minimum absolute atomic E-state index is 0.00116. The molecular weight excluding hydrogens is 442 g/mol. The fourth-order valence-electron chi connectivity index (χ4n) is 3.79. The van der Waals surface area contributed by atoms with E-state index in [1.165, 1.54) is 11.7 Å².